The van der Waals surface area contributed by atoms with E-state index in [1.165, 1.54) is 0 Å². The topological polar surface area (TPSA) is 98.0 Å². The van der Waals surface area contributed by atoms with Crippen molar-refractivity contribution >= 4 is 5.97 Å². The van der Waals surface area contributed by atoms with Gasteiger partial charge in [0.2, 0.25) is 0 Å². The zero-order chi connectivity index (χ0) is 22.9. The van der Waals surface area contributed by atoms with Crippen molar-refractivity contribution in [3.05, 3.63) is 0 Å². The van der Waals surface area contributed by atoms with Crippen LogP contribution >= 0.6 is 0 Å². The average molecular weight is 437 g/mol. The van der Waals surface area contributed by atoms with Gasteiger partial charge in [0.25, 0.3) is 0 Å². The van der Waals surface area contributed by atoms with Gasteiger partial charge in [-0.05, 0) is 97.2 Å². The number of carbonyl (C=O) groups is 1. The van der Waals surface area contributed by atoms with E-state index in [2.05, 4.69) is 27.7 Å². The van der Waals surface area contributed by atoms with E-state index in [0.29, 0.717) is 12.3 Å². The number of aliphatic hydroxyl groups is 3. The van der Waals surface area contributed by atoms with Gasteiger partial charge < -0.3 is 20.4 Å². The molecule has 4 rings (SSSR count). The summed E-state index contributed by atoms with van der Waals surface area (Å²) in [6.45, 7) is 10.7. The fourth-order valence-corrected chi connectivity index (χ4v) is 9.40. The van der Waals surface area contributed by atoms with E-state index in [9.17, 15) is 25.2 Å². The minimum absolute atomic E-state index is 0.0619. The molecule has 0 bridgehead atoms. The molecule has 4 fully saturated rings. The van der Waals surface area contributed by atoms with E-state index in [1.807, 2.05) is 0 Å². The van der Waals surface area contributed by atoms with Crippen molar-refractivity contribution in [2.75, 3.05) is 0 Å². The van der Waals surface area contributed by atoms with Crippen LogP contribution in [0.3, 0.4) is 0 Å². The highest BCUT2D eigenvalue weighted by Crippen LogP contribution is 2.69. The van der Waals surface area contributed by atoms with Crippen LogP contribution in [0.1, 0.15) is 79.6 Å². The van der Waals surface area contributed by atoms with Gasteiger partial charge in [-0.3, -0.25) is 4.79 Å². The molecule has 5 nitrogen and oxygen atoms in total. The van der Waals surface area contributed by atoms with Crippen LogP contribution in [0.4, 0.5) is 0 Å². The van der Waals surface area contributed by atoms with Gasteiger partial charge in [0, 0.05) is 0 Å². The molecule has 0 aliphatic heterocycles. The molecular formula is C26H44O5. The van der Waals surface area contributed by atoms with Crippen LogP contribution in [0, 0.1) is 58.2 Å². The van der Waals surface area contributed by atoms with Gasteiger partial charge in [-0.25, -0.2) is 0 Å². The molecule has 0 aromatic heterocycles. The maximum Gasteiger partial charge on any atom is 0.306 e. The first kappa shape index (κ1) is 23.5. The van der Waals surface area contributed by atoms with Gasteiger partial charge in [-0.15, -0.1) is 0 Å². The first-order valence-corrected chi connectivity index (χ1v) is 12.7. The molecule has 4 aliphatic carbocycles. The van der Waals surface area contributed by atoms with Crippen LogP contribution < -0.4 is 0 Å². The zero-order valence-electron chi connectivity index (χ0n) is 20.0. The Kier molecular flexibility index (Phi) is 6.06. The van der Waals surface area contributed by atoms with Crippen LogP contribution in [0.5, 0.6) is 0 Å². The Morgan fingerprint density at radius 3 is 2.32 bits per heavy atom. The number of aliphatic hydroxyl groups excluding tert-OH is 3. The summed E-state index contributed by atoms with van der Waals surface area (Å²) in [7, 11) is 0. The van der Waals surface area contributed by atoms with Gasteiger partial charge in [0.1, 0.15) is 0 Å². The highest BCUT2D eigenvalue weighted by atomic mass is 16.4. The first-order valence-electron chi connectivity index (χ1n) is 12.7. The Morgan fingerprint density at radius 2 is 1.68 bits per heavy atom. The zero-order valence-corrected chi connectivity index (χ0v) is 20.0. The predicted molar refractivity (Wildman–Crippen MR) is 119 cm³/mol. The molecule has 4 aliphatic rings. The Balaban J connectivity index is 1.64. The number of carboxylic acid groups (broad SMARTS) is 1. The van der Waals surface area contributed by atoms with E-state index in [1.54, 1.807) is 6.92 Å². The Bertz CT molecular complexity index is 695. The van der Waals surface area contributed by atoms with Crippen LogP contribution in [0.15, 0.2) is 0 Å². The molecule has 4 saturated carbocycles. The number of hydrogen-bond donors (Lipinski definition) is 4. The van der Waals surface area contributed by atoms with Crippen molar-refractivity contribution in [2.45, 2.75) is 97.9 Å². The Hall–Kier alpha value is -0.650. The summed E-state index contributed by atoms with van der Waals surface area (Å²) in [6.07, 6.45) is 4.87. The van der Waals surface area contributed by atoms with Crippen LogP contribution in [-0.4, -0.2) is 44.7 Å². The number of rotatable bonds is 4. The summed E-state index contributed by atoms with van der Waals surface area (Å²) in [4.78, 5) is 11.4. The summed E-state index contributed by atoms with van der Waals surface area (Å²) in [5.41, 5.74) is -0.205. The third kappa shape index (κ3) is 3.40. The molecule has 5 heteroatoms. The number of carboxylic acids is 1. The highest BCUT2D eigenvalue weighted by Gasteiger charge is 2.67. The second kappa shape index (κ2) is 7.99. The number of aliphatic carboxylic acids is 1. The van der Waals surface area contributed by atoms with Gasteiger partial charge in [0.15, 0.2) is 0 Å². The lowest BCUT2D eigenvalue weighted by Gasteiger charge is -2.65. The SMILES string of the molecule is C[C@H]1[C@@H](O)C2C3CCC([C@H](C)C[C@H](C)C(=O)O)[C@@]3(C)[C@@H](O)CC2[C@@]2(C)CC[C@@H](O)C[C@@H]12. The van der Waals surface area contributed by atoms with Crippen molar-refractivity contribution in [3.8, 4) is 0 Å². The van der Waals surface area contributed by atoms with Gasteiger partial charge in [-0.2, -0.15) is 0 Å². The largest absolute Gasteiger partial charge is 0.481 e. The smallest absolute Gasteiger partial charge is 0.306 e. The summed E-state index contributed by atoms with van der Waals surface area (Å²) in [5, 5.41) is 42.9. The molecule has 4 N–H and O–H groups in total. The minimum atomic E-state index is -0.745. The molecule has 31 heavy (non-hydrogen) atoms. The van der Waals surface area contributed by atoms with Crippen molar-refractivity contribution in [2.24, 2.45) is 58.2 Å². The Morgan fingerprint density at radius 1 is 1.00 bits per heavy atom. The molecule has 0 radical (unpaired) electrons. The molecule has 0 heterocycles. The molecule has 0 spiro atoms. The summed E-state index contributed by atoms with van der Waals surface area (Å²) in [5.74, 6) is 0.614. The normalized spacial score (nSPS) is 53.7. The van der Waals surface area contributed by atoms with E-state index < -0.39 is 18.2 Å². The maximum atomic E-state index is 11.6. The van der Waals surface area contributed by atoms with Crippen molar-refractivity contribution in [1.82, 2.24) is 0 Å². The van der Waals surface area contributed by atoms with Crippen molar-refractivity contribution in [1.29, 1.82) is 0 Å². The highest BCUT2D eigenvalue weighted by molar-refractivity contribution is 5.69. The molecule has 0 aromatic rings. The van der Waals surface area contributed by atoms with Crippen LogP contribution in [0.2, 0.25) is 0 Å². The first-order chi connectivity index (χ1) is 14.4. The number of hydrogen-bond acceptors (Lipinski definition) is 4. The molecule has 0 saturated heterocycles. The predicted octanol–water partition coefficient (Wildman–Crippen LogP) is 3.94. The quantitative estimate of drug-likeness (QED) is 0.535. The third-order valence-corrected chi connectivity index (χ3v) is 11.1. The van der Waals surface area contributed by atoms with E-state index in [4.69, 9.17) is 0 Å². The maximum absolute atomic E-state index is 11.6. The molecular weight excluding hydrogens is 392 g/mol. The standard InChI is InChI=1S/C26H44O5/c1-13(10-14(2)24(30)31)17-6-7-18-22-20(12-21(28)26(17,18)5)25(4)9-8-16(27)11-19(25)15(3)23(22)29/h13-23,27-29H,6-12H2,1-5H3,(H,30,31)/t13-,14+,15-,16-,17?,18?,19+,20?,21+,22?,23-,25+,26-/m1/s1. The van der Waals surface area contributed by atoms with Gasteiger partial charge in [-0.1, -0.05) is 34.6 Å². The van der Waals surface area contributed by atoms with Crippen LogP contribution in [-0.2, 0) is 4.79 Å². The minimum Gasteiger partial charge on any atom is -0.481 e. The second-order valence-electron chi connectivity index (χ2n) is 12.4. The lowest BCUT2D eigenvalue weighted by Crippen LogP contribution is -2.64. The summed E-state index contributed by atoms with van der Waals surface area (Å²) >= 11 is 0. The molecule has 4 unspecified atom stereocenters. The second-order valence-corrected chi connectivity index (χ2v) is 12.4. The monoisotopic (exact) mass is 436 g/mol. The van der Waals surface area contributed by atoms with Gasteiger partial charge >= 0.3 is 5.97 Å². The van der Waals surface area contributed by atoms with E-state index in [-0.39, 0.29) is 58.4 Å². The van der Waals surface area contributed by atoms with E-state index in [0.717, 1.165) is 38.5 Å². The fourth-order valence-electron chi connectivity index (χ4n) is 9.40. The fraction of sp³-hybridized carbons (Fsp3) is 0.962. The molecule has 178 valence electrons. The molecule has 0 aromatic carbocycles. The van der Waals surface area contributed by atoms with E-state index >= 15 is 0 Å². The van der Waals surface area contributed by atoms with Crippen molar-refractivity contribution in [3.63, 3.8) is 0 Å². The van der Waals surface area contributed by atoms with Gasteiger partial charge in [0.05, 0.1) is 24.2 Å². The van der Waals surface area contributed by atoms with Crippen molar-refractivity contribution < 1.29 is 25.2 Å². The molecule has 0 amide bonds. The lowest BCUT2D eigenvalue weighted by atomic mass is 9.41. The lowest BCUT2D eigenvalue weighted by molar-refractivity contribution is -0.225. The Labute approximate surface area is 187 Å². The average Bonchev–Trinajstić information content (AvgIpc) is 3.06. The van der Waals surface area contributed by atoms with Crippen LogP contribution in [0.25, 0.3) is 0 Å². The molecule has 13 atom stereocenters. The summed E-state index contributed by atoms with van der Waals surface area (Å²) in [6, 6.07) is 0. The summed E-state index contributed by atoms with van der Waals surface area (Å²) < 4.78 is 0. The number of fused-ring (bicyclic) bond motifs is 5. The third-order valence-electron chi connectivity index (χ3n) is 11.1.